The van der Waals surface area contributed by atoms with Gasteiger partial charge in [0.1, 0.15) is 17.9 Å². The molecule has 0 spiro atoms. The number of nitrogens with zero attached hydrogens (tertiary/aromatic N) is 2. The Hall–Kier alpha value is -1.30. The highest BCUT2D eigenvalue weighted by Gasteiger charge is 1.87. The van der Waals surface area contributed by atoms with Gasteiger partial charge in [0, 0.05) is 0 Å². The zero-order valence-electron chi connectivity index (χ0n) is 3.38. The van der Waals surface area contributed by atoms with E-state index in [-0.39, 0.29) is 0 Å². The summed E-state index contributed by atoms with van der Waals surface area (Å²) in [5, 5.41) is 11.2. The van der Waals surface area contributed by atoms with E-state index in [4.69, 9.17) is 5.26 Å². The zero-order valence-corrected chi connectivity index (χ0v) is 3.38. The van der Waals surface area contributed by atoms with Gasteiger partial charge in [-0.3, -0.25) is 0 Å². The largest absolute Gasteiger partial charge is 0.363 e. The third-order valence-corrected chi connectivity index (χ3v) is 0.510. The molecule has 1 rings (SSSR count). The molecule has 1 radical (unpaired) electrons. The minimum absolute atomic E-state index is 0.333. The van der Waals surface area contributed by atoms with E-state index >= 15 is 0 Å². The predicted molar refractivity (Wildman–Crippen MR) is 20.1 cm³/mol. The first-order chi connectivity index (χ1) is 3.43. The highest BCUT2D eigenvalue weighted by molar-refractivity contribution is 5.17. The van der Waals surface area contributed by atoms with E-state index in [1.165, 1.54) is 6.26 Å². The number of aromatic nitrogens is 1. The molecule has 3 heteroatoms. The molecule has 3 nitrogen and oxygen atoms in total. The summed E-state index contributed by atoms with van der Waals surface area (Å²) in [5.41, 5.74) is 0.333. The van der Waals surface area contributed by atoms with Crippen LogP contribution in [-0.2, 0) is 0 Å². The monoisotopic (exact) mass is 93.0 g/mol. The summed E-state index contributed by atoms with van der Waals surface area (Å²) in [7, 11) is 0. The summed E-state index contributed by atoms with van der Waals surface area (Å²) < 4.78 is 4.28. The van der Waals surface area contributed by atoms with Crippen LogP contribution in [0.15, 0.2) is 10.8 Å². The Kier molecular flexibility index (Phi) is 0.794. The maximum Gasteiger partial charge on any atom is 0.154 e. The van der Waals surface area contributed by atoms with Crippen LogP contribution in [0.3, 0.4) is 0 Å². The van der Waals surface area contributed by atoms with Gasteiger partial charge in [0.2, 0.25) is 0 Å². The SMILES string of the molecule is N#Cc1[c]noc1. The zero-order chi connectivity index (χ0) is 5.11. The molecule has 0 aliphatic heterocycles. The first kappa shape index (κ1) is 3.88. The van der Waals surface area contributed by atoms with Crippen LogP contribution in [-0.4, -0.2) is 5.16 Å². The van der Waals surface area contributed by atoms with Crippen LogP contribution in [0.5, 0.6) is 0 Å². The Morgan fingerprint density at radius 2 is 2.86 bits per heavy atom. The molecule has 1 aromatic rings. The van der Waals surface area contributed by atoms with Crippen molar-refractivity contribution in [2.24, 2.45) is 0 Å². The van der Waals surface area contributed by atoms with Gasteiger partial charge in [-0.2, -0.15) is 5.26 Å². The van der Waals surface area contributed by atoms with E-state index in [2.05, 4.69) is 15.9 Å². The van der Waals surface area contributed by atoms with Crippen LogP contribution in [0, 0.1) is 17.5 Å². The Bertz CT molecular complexity index is 172. The van der Waals surface area contributed by atoms with Crippen molar-refractivity contribution in [2.75, 3.05) is 0 Å². The third kappa shape index (κ3) is 0.578. The molecule has 0 unspecified atom stereocenters. The van der Waals surface area contributed by atoms with Gasteiger partial charge in [0.05, 0.1) is 0 Å². The van der Waals surface area contributed by atoms with Crippen LogP contribution in [0.4, 0.5) is 0 Å². The lowest BCUT2D eigenvalue weighted by Gasteiger charge is -1.56. The molecule has 0 N–H and O–H groups in total. The second-order valence-electron chi connectivity index (χ2n) is 0.952. The maximum atomic E-state index is 8.05. The standard InChI is InChI=1S/C4HN2O/c5-1-4-2-6-7-3-4/h3H. The fourth-order valence-electron chi connectivity index (χ4n) is 0.232. The van der Waals surface area contributed by atoms with Gasteiger partial charge in [-0.15, -0.1) is 0 Å². The van der Waals surface area contributed by atoms with Crippen molar-refractivity contribution in [3.05, 3.63) is 18.0 Å². The maximum absolute atomic E-state index is 8.05. The van der Waals surface area contributed by atoms with Crippen LogP contribution < -0.4 is 0 Å². The fourth-order valence-corrected chi connectivity index (χ4v) is 0.232. The lowest BCUT2D eigenvalue weighted by molar-refractivity contribution is 0.418. The average Bonchev–Trinajstić information content (AvgIpc) is 2.14. The van der Waals surface area contributed by atoms with E-state index in [1.54, 1.807) is 6.07 Å². The van der Waals surface area contributed by atoms with E-state index in [9.17, 15) is 0 Å². The molecule has 0 aliphatic carbocycles. The minimum Gasteiger partial charge on any atom is -0.363 e. The van der Waals surface area contributed by atoms with Crippen LogP contribution in [0.25, 0.3) is 0 Å². The Labute approximate surface area is 40.2 Å². The summed E-state index contributed by atoms with van der Waals surface area (Å²) in [6.45, 7) is 0. The van der Waals surface area contributed by atoms with E-state index < -0.39 is 0 Å². The molecule has 7 heavy (non-hydrogen) atoms. The molecular weight excluding hydrogens is 92.1 g/mol. The number of hydrogen-bond acceptors (Lipinski definition) is 3. The normalized spacial score (nSPS) is 7.86. The molecule has 0 saturated carbocycles. The molecule has 0 bridgehead atoms. The third-order valence-electron chi connectivity index (χ3n) is 0.510. The van der Waals surface area contributed by atoms with Crippen molar-refractivity contribution in [3.8, 4) is 6.07 Å². The van der Waals surface area contributed by atoms with Crippen LogP contribution >= 0.6 is 0 Å². The fraction of sp³-hybridized carbons (Fsp3) is 0. The lowest BCUT2D eigenvalue weighted by Crippen LogP contribution is -1.57. The van der Waals surface area contributed by atoms with Gasteiger partial charge in [-0.1, -0.05) is 5.16 Å². The number of rotatable bonds is 0. The molecule has 1 heterocycles. The highest BCUT2D eigenvalue weighted by atomic mass is 16.5. The van der Waals surface area contributed by atoms with Gasteiger partial charge in [0.25, 0.3) is 0 Å². The van der Waals surface area contributed by atoms with Gasteiger partial charge < -0.3 is 4.52 Å². The Morgan fingerprint density at radius 3 is 3.14 bits per heavy atom. The van der Waals surface area contributed by atoms with Gasteiger partial charge in [-0.25, -0.2) is 0 Å². The lowest BCUT2D eigenvalue weighted by atomic mass is 10.4. The summed E-state index contributed by atoms with van der Waals surface area (Å²) in [5.74, 6) is 0. The summed E-state index contributed by atoms with van der Waals surface area (Å²) in [6.07, 6.45) is 3.55. The summed E-state index contributed by atoms with van der Waals surface area (Å²) in [6, 6.07) is 1.80. The minimum atomic E-state index is 0.333. The Morgan fingerprint density at radius 1 is 2.00 bits per heavy atom. The topological polar surface area (TPSA) is 49.8 Å². The average molecular weight is 93.1 g/mol. The smallest absolute Gasteiger partial charge is 0.154 e. The van der Waals surface area contributed by atoms with Gasteiger partial charge in [0.15, 0.2) is 6.20 Å². The van der Waals surface area contributed by atoms with Crippen molar-refractivity contribution < 1.29 is 4.52 Å². The molecular formula is C4HN2O. The van der Waals surface area contributed by atoms with Crippen molar-refractivity contribution in [1.29, 1.82) is 5.26 Å². The highest BCUT2D eigenvalue weighted by Crippen LogP contribution is 1.88. The number of nitriles is 1. The van der Waals surface area contributed by atoms with Crippen molar-refractivity contribution in [1.82, 2.24) is 5.16 Å². The molecule has 0 fully saturated rings. The second-order valence-corrected chi connectivity index (χ2v) is 0.952. The van der Waals surface area contributed by atoms with Crippen molar-refractivity contribution >= 4 is 0 Å². The Balaban J connectivity index is 3.04. The van der Waals surface area contributed by atoms with E-state index in [1.807, 2.05) is 0 Å². The second kappa shape index (κ2) is 1.43. The van der Waals surface area contributed by atoms with Crippen LogP contribution in [0.2, 0.25) is 0 Å². The molecule has 0 atom stereocenters. The summed E-state index contributed by atoms with van der Waals surface area (Å²) >= 11 is 0. The molecule has 0 aliphatic rings. The molecule has 1 aromatic heterocycles. The van der Waals surface area contributed by atoms with Crippen molar-refractivity contribution in [2.45, 2.75) is 0 Å². The molecule has 0 saturated heterocycles. The first-order valence-electron chi connectivity index (χ1n) is 1.65. The number of hydrogen-bond donors (Lipinski definition) is 0. The van der Waals surface area contributed by atoms with Gasteiger partial charge >= 0.3 is 0 Å². The quantitative estimate of drug-likeness (QED) is 0.465. The first-order valence-corrected chi connectivity index (χ1v) is 1.65. The summed E-state index contributed by atoms with van der Waals surface area (Å²) in [4.78, 5) is 0. The van der Waals surface area contributed by atoms with Crippen LogP contribution in [0.1, 0.15) is 5.56 Å². The van der Waals surface area contributed by atoms with E-state index in [0.717, 1.165) is 0 Å². The molecule has 33 valence electrons. The predicted octanol–water partition coefficient (Wildman–Crippen LogP) is 0.346. The molecule has 0 amide bonds. The molecule has 0 aromatic carbocycles. The van der Waals surface area contributed by atoms with Crippen molar-refractivity contribution in [3.63, 3.8) is 0 Å². The van der Waals surface area contributed by atoms with E-state index in [0.29, 0.717) is 5.56 Å². The van der Waals surface area contributed by atoms with Gasteiger partial charge in [-0.05, 0) is 0 Å².